The second kappa shape index (κ2) is 7.56. The standard InChI is InChI=1S/C21H25N3O3/c1-27-20-14-22-18(13-19(20)25)21(26)24-10-8-23(9-11-24)17-7-6-15-4-2-3-5-16(15)12-17/h2-5,13-14,17H,6-12H2,1H3,(H,22,25)/t17-/m1/s1. The Balaban J connectivity index is 1.37. The maximum absolute atomic E-state index is 12.7. The number of piperazine rings is 1. The summed E-state index contributed by atoms with van der Waals surface area (Å²) in [4.78, 5) is 31.8. The molecule has 1 aliphatic heterocycles. The molecule has 27 heavy (non-hydrogen) atoms. The minimum absolute atomic E-state index is 0.122. The van der Waals surface area contributed by atoms with Gasteiger partial charge in [0.1, 0.15) is 5.69 Å². The van der Waals surface area contributed by atoms with Gasteiger partial charge in [0.25, 0.3) is 5.91 Å². The zero-order valence-electron chi connectivity index (χ0n) is 15.6. The van der Waals surface area contributed by atoms with Gasteiger partial charge >= 0.3 is 0 Å². The van der Waals surface area contributed by atoms with E-state index in [0.717, 1.165) is 25.9 Å². The molecule has 1 aliphatic carbocycles. The molecule has 0 unspecified atom stereocenters. The molecule has 0 spiro atoms. The average Bonchev–Trinajstić information content (AvgIpc) is 2.73. The molecule has 1 atom stereocenters. The Kier molecular flexibility index (Phi) is 4.99. The van der Waals surface area contributed by atoms with E-state index >= 15 is 0 Å². The van der Waals surface area contributed by atoms with Gasteiger partial charge in [-0.25, -0.2) is 0 Å². The molecule has 1 fully saturated rings. The van der Waals surface area contributed by atoms with Crippen LogP contribution in [-0.2, 0) is 12.8 Å². The zero-order chi connectivity index (χ0) is 18.8. The number of nitrogens with one attached hydrogen (secondary N) is 1. The van der Waals surface area contributed by atoms with Gasteiger partial charge in [-0.2, -0.15) is 0 Å². The molecule has 2 aliphatic rings. The number of carbonyl (C=O) groups is 1. The third-order valence-electron chi connectivity index (χ3n) is 5.77. The number of aromatic amines is 1. The Morgan fingerprint density at radius 1 is 1.15 bits per heavy atom. The summed E-state index contributed by atoms with van der Waals surface area (Å²) in [6.07, 6.45) is 4.85. The van der Waals surface area contributed by atoms with Crippen molar-refractivity contribution in [3.05, 3.63) is 63.6 Å². The number of hydrogen-bond donors (Lipinski definition) is 1. The van der Waals surface area contributed by atoms with Crippen molar-refractivity contribution >= 4 is 5.91 Å². The van der Waals surface area contributed by atoms with Gasteiger partial charge in [-0.15, -0.1) is 0 Å². The van der Waals surface area contributed by atoms with Gasteiger partial charge in [-0.1, -0.05) is 24.3 Å². The van der Waals surface area contributed by atoms with Crippen LogP contribution in [0.2, 0.25) is 0 Å². The molecule has 6 nitrogen and oxygen atoms in total. The van der Waals surface area contributed by atoms with Crippen LogP contribution in [0.4, 0.5) is 0 Å². The summed E-state index contributed by atoms with van der Waals surface area (Å²) in [6, 6.07) is 10.6. The summed E-state index contributed by atoms with van der Waals surface area (Å²) in [5.74, 6) is 0.0948. The van der Waals surface area contributed by atoms with Crippen LogP contribution in [0.5, 0.6) is 5.75 Å². The second-order valence-corrected chi connectivity index (χ2v) is 7.27. The number of methoxy groups -OCH3 is 1. The van der Waals surface area contributed by atoms with Gasteiger partial charge in [-0.05, 0) is 30.4 Å². The van der Waals surface area contributed by atoms with Crippen molar-refractivity contribution in [3.8, 4) is 5.75 Å². The molecule has 1 aromatic heterocycles. The monoisotopic (exact) mass is 367 g/mol. The summed E-state index contributed by atoms with van der Waals surface area (Å²) in [5, 5.41) is 0. The van der Waals surface area contributed by atoms with E-state index in [4.69, 9.17) is 4.74 Å². The lowest BCUT2D eigenvalue weighted by Gasteiger charge is -2.41. The molecule has 2 aromatic rings. The maximum atomic E-state index is 12.7. The molecule has 1 saturated heterocycles. The first-order chi connectivity index (χ1) is 13.2. The number of aromatic nitrogens is 1. The maximum Gasteiger partial charge on any atom is 0.270 e. The molecule has 1 amide bonds. The number of aryl methyl sites for hydroxylation is 1. The van der Waals surface area contributed by atoms with Crippen LogP contribution < -0.4 is 10.2 Å². The minimum Gasteiger partial charge on any atom is -0.491 e. The fourth-order valence-corrected chi connectivity index (χ4v) is 4.19. The highest BCUT2D eigenvalue weighted by molar-refractivity contribution is 5.92. The van der Waals surface area contributed by atoms with E-state index in [0.29, 0.717) is 24.8 Å². The Labute approximate surface area is 158 Å². The largest absolute Gasteiger partial charge is 0.491 e. The van der Waals surface area contributed by atoms with Gasteiger partial charge < -0.3 is 14.6 Å². The molecule has 6 heteroatoms. The van der Waals surface area contributed by atoms with Crippen LogP contribution in [0.3, 0.4) is 0 Å². The summed E-state index contributed by atoms with van der Waals surface area (Å²) >= 11 is 0. The fourth-order valence-electron chi connectivity index (χ4n) is 4.19. The summed E-state index contributed by atoms with van der Waals surface area (Å²) in [7, 11) is 1.44. The lowest BCUT2D eigenvalue weighted by atomic mass is 9.87. The molecule has 4 rings (SSSR count). The SMILES string of the molecule is COc1c[nH]c(C(=O)N2CCN([C@@H]3CCc4ccccc4C3)CC2)cc1=O. The van der Waals surface area contributed by atoms with E-state index in [2.05, 4.69) is 34.1 Å². The van der Waals surface area contributed by atoms with E-state index in [9.17, 15) is 9.59 Å². The average molecular weight is 367 g/mol. The molecule has 1 aromatic carbocycles. The first kappa shape index (κ1) is 17.8. The van der Waals surface area contributed by atoms with Crippen molar-refractivity contribution in [2.45, 2.75) is 25.3 Å². The Morgan fingerprint density at radius 2 is 1.89 bits per heavy atom. The first-order valence-electron chi connectivity index (χ1n) is 9.52. The fraction of sp³-hybridized carbons (Fsp3) is 0.429. The normalized spacial score (nSPS) is 20.2. The predicted molar refractivity (Wildman–Crippen MR) is 103 cm³/mol. The highest BCUT2D eigenvalue weighted by Crippen LogP contribution is 2.25. The molecule has 142 valence electrons. The third kappa shape index (κ3) is 3.62. The number of ether oxygens (including phenoxy) is 1. The van der Waals surface area contributed by atoms with Crippen molar-refractivity contribution < 1.29 is 9.53 Å². The van der Waals surface area contributed by atoms with Gasteiger partial charge in [0.05, 0.1) is 7.11 Å². The van der Waals surface area contributed by atoms with Gasteiger partial charge in [0.2, 0.25) is 5.43 Å². The van der Waals surface area contributed by atoms with Crippen LogP contribution in [0, 0.1) is 0 Å². The van der Waals surface area contributed by atoms with Crippen LogP contribution in [0.15, 0.2) is 41.3 Å². The summed E-state index contributed by atoms with van der Waals surface area (Å²) in [6.45, 7) is 3.12. The molecular formula is C21H25N3O3. The number of carbonyl (C=O) groups excluding carboxylic acids is 1. The van der Waals surface area contributed by atoms with Crippen molar-refractivity contribution in [2.75, 3.05) is 33.3 Å². The van der Waals surface area contributed by atoms with E-state index in [1.54, 1.807) is 0 Å². The van der Waals surface area contributed by atoms with Gasteiger partial charge in [0.15, 0.2) is 5.75 Å². The number of amides is 1. The molecule has 0 bridgehead atoms. The lowest BCUT2D eigenvalue weighted by molar-refractivity contribution is 0.0547. The van der Waals surface area contributed by atoms with E-state index < -0.39 is 0 Å². The van der Waals surface area contributed by atoms with E-state index in [-0.39, 0.29) is 17.1 Å². The van der Waals surface area contributed by atoms with Crippen molar-refractivity contribution in [1.82, 2.24) is 14.8 Å². The van der Waals surface area contributed by atoms with Crippen LogP contribution in [-0.4, -0.2) is 60.0 Å². The molecular weight excluding hydrogens is 342 g/mol. The van der Waals surface area contributed by atoms with E-state index in [1.807, 2.05) is 4.90 Å². The highest BCUT2D eigenvalue weighted by atomic mass is 16.5. The Bertz CT molecular complexity index is 884. The minimum atomic E-state index is -0.279. The number of fused-ring (bicyclic) bond motifs is 1. The van der Waals surface area contributed by atoms with Crippen LogP contribution in [0.25, 0.3) is 0 Å². The molecule has 0 saturated carbocycles. The van der Waals surface area contributed by atoms with Crippen LogP contribution >= 0.6 is 0 Å². The second-order valence-electron chi connectivity index (χ2n) is 7.27. The molecule has 0 radical (unpaired) electrons. The number of hydrogen-bond acceptors (Lipinski definition) is 4. The summed E-state index contributed by atoms with van der Waals surface area (Å²) < 4.78 is 4.96. The number of benzene rings is 1. The number of pyridine rings is 1. The first-order valence-corrected chi connectivity index (χ1v) is 9.52. The van der Waals surface area contributed by atoms with Crippen molar-refractivity contribution in [3.63, 3.8) is 0 Å². The Morgan fingerprint density at radius 3 is 2.59 bits per heavy atom. The van der Waals surface area contributed by atoms with Crippen molar-refractivity contribution in [2.24, 2.45) is 0 Å². The smallest absolute Gasteiger partial charge is 0.270 e. The predicted octanol–water partition coefficient (Wildman–Crippen LogP) is 1.70. The number of rotatable bonds is 3. The van der Waals surface area contributed by atoms with Crippen molar-refractivity contribution in [1.29, 1.82) is 0 Å². The lowest BCUT2D eigenvalue weighted by Crippen LogP contribution is -2.53. The van der Waals surface area contributed by atoms with Crippen LogP contribution in [0.1, 0.15) is 28.0 Å². The molecule has 1 N–H and O–H groups in total. The number of nitrogens with zero attached hydrogens (tertiary/aromatic N) is 2. The summed E-state index contributed by atoms with van der Waals surface area (Å²) in [5.41, 5.74) is 2.98. The topological polar surface area (TPSA) is 65.6 Å². The van der Waals surface area contributed by atoms with Gasteiger partial charge in [-0.3, -0.25) is 14.5 Å². The third-order valence-corrected chi connectivity index (χ3v) is 5.77. The molecule has 2 heterocycles. The quantitative estimate of drug-likeness (QED) is 0.897. The number of H-pyrrole nitrogens is 1. The highest BCUT2D eigenvalue weighted by Gasteiger charge is 2.29. The van der Waals surface area contributed by atoms with E-state index in [1.165, 1.54) is 36.9 Å². The van der Waals surface area contributed by atoms with Gasteiger partial charge in [0, 0.05) is 44.5 Å². The Hall–Kier alpha value is -2.60. The zero-order valence-corrected chi connectivity index (χ0v) is 15.6.